The van der Waals surface area contributed by atoms with E-state index in [0.717, 1.165) is 27.2 Å². The van der Waals surface area contributed by atoms with Gasteiger partial charge in [-0.1, -0.05) is 17.7 Å². The van der Waals surface area contributed by atoms with Crippen molar-refractivity contribution in [2.45, 2.75) is 13.1 Å². The highest BCUT2D eigenvalue weighted by atomic mass is 79.9. The van der Waals surface area contributed by atoms with Crippen molar-refractivity contribution in [1.29, 1.82) is 0 Å². The summed E-state index contributed by atoms with van der Waals surface area (Å²) in [5, 5.41) is 7.79. The minimum atomic E-state index is -0.220. The summed E-state index contributed by atoms with van der Waals surface area (Å²) in [5.41, 5.74) is 3.77. The molecule has 150 valence electrons. The SMILES string of the molecule is O=C(NCc1ncn2ccc(Cl)cc12)c1cnn(Cc2cn3c(Br)cccc3n2)c1. The standard InChI is InChI=1S/C20H15BrClN7O/c21-18-2-1-3-19-26-15(11-29(18)19)10-28-9-13(7-25-28)20(30)23-8-16-17-6-14(22)4-5-27(17)12-24-16/h1-7,9,11-12H,8,10H2,(H,23,30). The van der Waals surface area contributed by atoms with Crippen molar-refractivity contribution in [2.24, 2.45) is 0 Å². The molecule has 5 rings (SSSR count). The van der Waals surface area contributed by atoms with Crippen molar-refractivity contribution < 1.29 is 4.79 Å². The van der Waals surface area contributed by atoms with E-state index in [4.69, 9.17) is 11.6 Å². The van der Waals surface area contributed by atoms with Crippen LogP contribution in [-0.2, 0) is 13.1 Å². The molecule has 0 fully saturated rings. The number of nitrogens with zero attached hydrogens (tertiary/aromatic N) is 6. The van der Waals surface area contributed by atoms with Gasteiger partial charge in [0.1, 0.15) is 5.65 Å². The first-order valence-corrected chi connectivity index (χ1v) is 10.3. The molecule has 0 aromatic carbocycles. The Labute approximate surface area is 184 Å². The minimum absolute atomic E-state index is 0.220. The Hall–Kier alpha value is -3.17. The average Bonchev–Trinajstić information content (AvgIpc) is 3.45. The number of amides is 1. The third-order valence-electron chi connectivity index (χ3n) is 4.71. The van der Waals surface area contributed by atoms with E-state index in [1.54, 1.807) is 29.5 Å². The van der Waals surface area contributed by atoms with Crippen LogP contribution in [-0.4, -0.2) is 34.5 Å². The zero-order chi connectivity index (χ0) is 20.7. The van der Waals surface area contributed by atoms with E-state index in [2.05, 4.69) is 36.3 Å². The molecule has 5 aromatic heterocycles. The first kappa shape index (κ1) is 18.8. The van der Waals surface area contributed by atoms with Crippen LogP contribution < -0.4 is 5.32 Å². The van der Waals surface area contributed by atoms with E-state index in [1.807, 2.05) is 45.5 Å². The van der Waals surface area contributed by atoms with Crippen molar-refractivity contribution in [3.8, 4) is 0 Å². The molecule has 0 spiro atoms. The van der Waals surface area contributed by atoms with E-state index in [-0.39, 0.29) is 5.91 Å². The van der Waals surface area contributed by atoms with Gasteiger partial charge in [-0.15, -0.1) is 0 Å². The van der Waals surface area contributed by atoms with Crippen molar-refractivity contribution in [2.75, 3.05) is 0 Å². The molecule has 1 N–H and O–H groups in total. The largest absolute Gasteiger partial charge is 0.346 e. The number of pyridine rings is 2. The van der Waals surface area contributed by atoms with Gasteiger partial charge in [-0.3, -0.25) is 13.9 Å². The zero-order valence-electron chi connectivity index (χ0n) is 15.5. The summed E-state index contributed by atoms with van der Waals surface area (Å²) in [6.45, 7) is 0.757. The molecule has 5 heterocycles. The number of nitrogens with one attached hydrogen (secondary N) is 1. The fourth-order valence-corrected chi connectivity index (χ4v) is 3.85. The number of halogens is 2. The molecule has 0 aliphatic heterocycles. The van der Waals surface area contributed by atoms with Gasteiger partial charge < -0.3 is 9.72 Å². The lowest BCUT2D eigenvalue weighted by Gasteiger charge is -2.02. The summed E-state index contributed by atoms with van der Waals surface area (Å²) in [4.78, 5) is 21.5. The van der Waals surface area contributed by atoms with Crippen LogP contribution in [0.5, 0.6) is 0 Å². The fourth-order valence-electron chi connectivity index (χ4n) is 3.26. The van der Waals surface area contributed by atoms with Crippen LogP contribution in [0.1, 0.15) is 21.7 Å². The molecular weight excluding hydrogens is 470 g/mol. The number of rotatable bonds is 5. The summed E-state index contributed by atoms with van der Waals surface area (Å²) in [7, 11) is 0. The molecule has 0 atom stereocenters. The van der Waals surface area contributed by atoms with E-state index in [9.17, 15) is 4.79 Å². The fraction of sp³-hybridized carbons (Fsp3) is 0.100. The molecule has 30 heavy (non-hydrogen) atoms. The summed E-state index contributed by atoms with van der Waals surface area (Å²) in [5.74, 6) is -0.220. The molecular formula is C20H15BrClN7O. The third kappa shape index (κ3) is 3.57. The maximum absolute atomic E-state index is 12.5. The van der Waals surface area contributed by atoms with Crippen LogP contribution in [0.25, 0.3) is 11.2 Å². The normalized spacial score (nSPS) is 11.4. The van der Waals surface area contributed by atoms with Gasteiger partial charge in [0.05, 0.1) is 52.7 Å². The van der Waals surface area contributed by atoms with Gasteiger partial charge in [0.15, 0.2) is 0 Å². The minimum Gasteiger partial charge on any atom is -0.346 e. The number of hydrogen-bond acceptors (Lipinski definition) is 4. The summed E-state index contributed by atoms with van der Waals surface area (Å²) < 4.78 is 6.43. The van der Waals surface area contributed by atoms with Gasteiger partial charge >= 0.3 is 0 Å². The first-order valence-electron chi connectivity index (χ1n) is 9.11. The number of carbonyl (C=O) groups excluding carboxylic acids is 1. The van der Waals surface area contributed by atoms with Crippen molar-refractivity contribution in [3.05, 3.63) is 88.0 Å². The highest BCUT2D eigenvalue weighted by Gasteiger charge is 2.12. The van der Waals surface area contributed by atoms with E-state index in [1.165, 1.54) is 0 Å². The molecule has 0 radical (unpaired) electrons. The van der Waals surface area contributed by atoms with Crippen LogP contribution in [0.4, 0.5) is 0 Å². The highest BCUT2D eigenvalue weighted by molar-refractivity contribution is 9.10. The number of imidazole rings is 2. The van der Waals surface area contributed by atoms with Crippen LogP contribution in [0.3, 0.4) is 0 Å². The number of carbonyl (C=O) groups is 1. The lowest BCUT2D eigenvalue weighted by atomic mass is 10.3. The van der Waals surface area contributed by atoms with Crippen LogP contribution in [0, 0.1) is 0 Å². The Morgan fingerprint density at radius 3 is 3.00 bits per heavy atom. The predicted molar refractivity (Wildman–Crippen MR) is 116 cm³/mol. The van der Waals surface area contributed by atoms with E-state index >= 15 is 0 Å². The molecule has 0 aliphatic carbocycles. The monoisotopic (exact) mass is 483 g/mol. The van der Waals surface area contributed by atoms with Crippen molar-refractivity contribution >= 4 is 44.6 Å². The Morgan fingerprint density at radius 2 is 2.13 bits per heavy atom. The second kappa shape index (κ2) is 7.58. The Bertz CT molecular complexity index is 1390. The molecule has 8 nitrogen and oxygen atoms in total. The second-order valence-corrected chi connectivity index (χ2v) is 8.00. The van der Waals surface area contributed by atoms with E-state index < -0.39 is 0 Å². The molecule has 0 aliphatic rings. The molecule has 0 saturated heterocycles. The van der Waals surface area contributed by atoms with Gasteiger partial charge in [-0.25, -0.2) is 9.97 Å². The number of fused-ring (bicyclic) bond motifs is 2. The van der Waals surface area contributed by atoms with Gasteiger partial charge in [0.25, 0.3) is 5.91 Å². The number of hydrogen-bond donors (Lipinski definition) is 1. The summed E-state index contributed by atoms with van der Waals surface area (Å²) in [6.07, 6.45) is 8.71. The second-order valence-electron chi connectivity index (χ2n) is 6.75. The maximum Gasteiger partial charge on any atom is 0.254 e. The quantitative estimate of drug-likeness (QED) is 0.387. The van der Waals surface area contributed by atoms with Gasteiger partial charge in [0.2, 0.25) is 0 Å². The number of aromatic nitrogens is 6. The predicted octanol–water partition coefficient (Wildman–Crippen LogP) is 3.57. The van der Waals surface area contributed by atoms with E-state index in [0.29, 0.717) is 23.7 Å². The van der Waals surface area contributed by atoms with Gasteiger partial charge in [-0.2, -0.15) is 5.10 Å². The molecule has 0 bridgehead atoms. The van der Waals surface area contributed by atoms with Crippen LogP contribution in [0.2, 0.25) is 5.02 Å². The zero-order valence-corrected chi connectivity index (χ0v) is 17.9. The summed E-state index contributed by atoms with van der Waals surface area (Å²) >= 11 is 9.57. The van der Waals surface area contributed by atoms with Crippen molar-refractivity contribution in [3.63, 3.8) is 0 Å². The molecule has 10 heteroatoms. The van der Waals surface area contributed by atoms with Gasteiger partial charge in [-0.05, 0) is 40.2 Å². The van der Waals surface area contributed by atoms with Crippen LogP contribution in [0.15, 0.2) is 66.0 Å². The van der Waals surface area contributed by atoms with Crippen molar-refractivity contribution in [1.82, 2.24) is 33.9 Å². The molecule has 5 aromatic rings. The lowest BCUT2D eigenvalue weighted by Crippen LogP contribution is -2.22. The highest BCUT2D eigenvalue weighted by Crippen LogP contribution is 2.16. The maximum atomic E-state index is 12.5. The Morgan fingerprint density at radius 1 is 1.23 bits per heavy atom. The summed E-state index contributed by atoms with van der Waals surface area (Å²) in [6, 6.07) is 9.43. The third-order valence-corrected chi connectivity index (χ3v) is 5.59. The molecule has 1 amide bonds. The lowest BCUT2D eigenvalue weighted by molar-refractivity contribution is 0.0950. The van der Waals surface area contributed by atoms with Crippen LogP contribution >= 0.6 is 27.5 Å². The Balaban J connectivity index is 1.27. The first-order chi connectivity index (χ1) is 14.6. The van der Waals surface area contributed by atoms with Gasteiger partial charge in [0, 0.05) is 23.6 Å². The molecule has 0 saturated carbocycles. The Kier molecular flexibility index (Phi) is 4.76. The molecule has 0 unspecified atom stereocenters. The smallest absolute Gasteiger partial charge is 0.254 e. The average molecular weight is 485 g/mol. The topological polar surface area (TPSA) is 81.5 Å².